The summed E-state index contributed by atoms with van der Waals surface area (Å²) < 4.78 is 29.7. The number of aromatic nitrogens is 4. The molecule has 2 saturated heterocycles. The zero-order valence-electron chi connectivity index (χ0n) is 21.1. The van der Waals surface area contributed by atoms with E-state index in [-0.39, 0.29) is 23.4 Å². The van der Waals surface area contributed by atoms with Crippen molar-refractivity contribution in [3.05, 3.63) is 42.5 Å². The summed E-state index contributed by atoms with van der Waals surface area (Å²) in [6.45, 7) is 4.16. The van der Waals surface area contributed by atoms with Crippen molar-refractivity contribution >= 4 is 17.7 Å². The highest BCUT2D eigenvalue weighted by Crippen LogP contribution is 2.47. The fourth-order valence-electron chi connectivity index (χ4n) is 6.06. The Kier molecular flexibility index (Phi) is 5.87. The van der Waals surface area contributed by atoms with Crippen LogP contribution in [0, 0.1) is 5.95 Å². The zero-order chi connectivity index (χ0) is 25.9. The van der Waals surface area contributed by atoms with Crippen molar-refractivity contribution in [3.8, 4) is 28.1 Å². The van der Waals surface area contributed by atoms with Crippen LogP contribution >= 0.6 is 11.8 Å². The third-order valence-electron chi connectivity index (χ3n) is 8.05. The molecule has 37 heavy (non-hydrogen) atoms. The van der Waals surface area contributed by atoms with E-state index in [1.54, 1.807) is 30.5 Å². The van der Waals surface area contributed by atoms with E-state index in [0.29, 0.717) is 39.8 Å². The van der Waals surface area contributed by atoms with Gasteiger partial charge in [-0.2, -0.15) is 4.39 Å². The highest BCUT2D eigenvalue weighted by Gasteiger charge is 2.58. The van der Waals surface area contributed by atoms with Gasteiger partial charge in [-0.25, -0.2) is 14.4 Å². The van der Waals surface area contributed by atoms with Gasteiger partial charge in [0.05, 0.1) is 17.3 Å². The normalized spacial score (nSPS) is 28.9. The lowest BCUT2D eigenvalue weighted by atomic mass is 9.82. The molecule has 0 radical (unpaired) electrons. The Bertz CT molecular complexity index is 1340. The lowest BCUT2D eigenvalue weighted by molar-refractivity contribution is 0.0828. The fourth-order valence-corrected chi connectivity index (χ4v) is 6.48. The topological polar surface area (TPSA) is 87.1 Å². The maximum atomic E-state index is 15.8. The van der Waals surface area contributed by atoms with Crippen LogP contribution in [0.3, 0.4) is 0 Å². The molecule has 6 rings (SSSR count). The van der Waals surface area contributed by atoms with Gasteiger partial charge in [0.25, 0.3) is 0 Å². The number of rotatable bonds is 6. The van der Waals surface area contributed by atoms with E-state index < -0.39 is 17.7 Å². The van der Waals surface area contributed by atoms with Crippen molar-refractivity contribution in [2.75, 3.05) is 11.2 Å². The molecule has 0 spiro atoms. The number of anilines is 1. The number of pyridine rings is 1. The van der Waals surface area contributed by atoms with E-state index in [9.17, 15) is 9.50 Å². The number of benzene rings is 1. The molecule has 2 aromatic heterocycles. The van der Waals surface area contributed by atoms with Gasteiger partial charge < -0.3 is 15.3 Å². The molecular weight excluding hydrogens is 494 g/mol. The number of hydrogen-bond donors (Lipinski definition) is 2. The van der Waals surface area contributed by atoms with Crippen molar-refractivity contribution in [2.24, 2.45) is 0 Å². The van der Waals surface area contributed by atoms with Crippen LogP contribution in [-0.4, -0.2) is 60.9 Å². The van der Waals surface area contributed by atoms with Gasteiger partial charge in [-0.3, -0.25) is 0 Å². The summed E-state index contributed by atoms with van der Waals surface area (Å²) in [6.07, 6.45) is 6.83. The molecule has 0 amide bonds. The summed E-state index contributed by atoms with van der Waals surface area (Å²) in [6, 6.07) is 8.11. The molecule has 3 aromatic rings. The van der Waals surface area contributed by atoms with Crippen LogP contribution in [0.4, 0.5) is 14.7 Å². The largest absolute Gasteiger partial charge is 0.507 e. The maximum absolute atomic E-state index is 15.8. The minimum Gasteiger partial charge on any atom is -0.507 e. The van der Waals surface area contributed by atoms with E-state index >= 15 is 4.39 Å². The number of nitrogens with zero attached hydrogens (tertiary/aromatic N) is 5. The minimum atomic E-state index is -1.03. The molecule has 2 N–H and O–H groups in total. The summed E-state index contributed by atoms with van der Waals surface area (Å²) in [4.78, 5) is 10.5. The molecule has 2 bridgehead atoms. The van der Waals surface area contributed by atoms with Crippen LogP contribution in [-0.2, 0) is 0 Å². The van der Waals surface area contributed by atoms with Crippen molar-refractivity contribution in [1.82, 2.24) is 25.5 Å². The maximum Gasteiger partial charge on any atom is 0.245 e. The number of alkyl halides is 1. The van der Waals surface area contributed by atoms with E-state index in [1.165, 1.54) is 17.8 Å². The van der Waals surface area contributed by atoms with Gasteiger partial charge in [0.2, 0.25) is 11.9 Å². The smallest absolute Gasteiger partial charge is 0.245 e. The van der Waals surface area contributed by atoms with Gasteiger partial charge in [0.15, 0.2) is 0 Å². The highest BCUT2D eigenvalue weighted by molar-refractivity contribution is 7.98. The first-order chi connectivity index (χ1) is 17.7. The molecule has 10 heteroatoms. The fraction of sp³-hybridized carbons (Fsp3) is 0.481. The number of aromatic hydroxyl groups is 1. The third-order valence-corrected chi connectivity index (χ3v) is 8.68. The molecule has 1 aliphatic carbocycles. The summed E-state index contributed by atoms with van der Waals surface area (Å²) in [7, 11) is 0. The second-order valence-corrected chi connectivity index (χ2v) is 11.8. The Balaban J connectivity index is 1.28. The second kappa shape index (κ2) is 8.87. The average molecular weight is 525 g/mol. The van der Waals surface area contributed by atoms with Gasteiger partial charge in [0.1, 0.15) is 17.6 Å². The Labute approximate surface area is 219 Å². The second-order valence-electron chi connectivity index (χ2n) is 11.0. The summed E-state index contributed by atoms with van der Waals surface area (Å²) in [5.41, 5.74) is 1.53. The average Bonchev–Trinajstić information content (AvgIpc) is 3.67. The Morgan fingerprint density at radius 2 is 1.92 bits per heavy atom. The van der Waals surface area contributed by atoms with Crippen molar-refractivity contribution in [2.45, 2.75) is 80.3 Å². The van der Waals surface area contributed by atoms with Gasteiger partial charge in [-0.05, 0) is 81.5 Å². The van der Waals surface area contributed by atoms with Gasteiger partial charge in [-0.15, -0.1) is 22.0 Å². The van der Waals surface area contributed by atoms with Crippen LogP contribution in [0.1, 0.15) is 46.0 Å². The van der Waals surface area contributed by atoms with E-state index in [1.807, 2.05) is 18.1 Å². The third kappa shape index (κ3) is 4.44. The predicted octanol–water partition coefficient (Wildman–Crippen LogP) is 5.15. The van der Waals surface area contributed by atoms with Crippen LogP contribution in [0.2, 0.25) is 0 Å². The number of phenolic OH excluding ortho intramolecular Hbond substituents is 1. The number of hydrogen-bond acceptors (Lipinski definition) is 8. The zero-order valence-corrected chi connectivity index (χ0v) is 21.9. The number of nitrogens with one attached hydrogen (secondary N) is 1. The van der Waals surface area contributed by atoms with Crippen molar-refractivity contribution in [3.63, 3.8) is 0 Å². The van der Waals surface area contributed by atoms with E-state index in [4.69, 9.17) is 0 Å². The van der Waals surface area contributed by atoms with Crippen LogP contribution in [0.25, 0.3) is 22.4 Å². The van der Waals surface area contributed by atoms with Gasteiger partial charge in [-0.1, -0.05) is 6.07 Å². The Morgan fingerprint density at radius 3 is 2.59 bits per heavy atom. The number of phenols is 1. The molecule has 2 aliphatic heterocycles. The van der Waals surface area contributed by atoms with Crippen molar-refractivity contribution in [1.29, 1.82) is 0 Å². The molecular formula is C27H30F2N6OS. The van der Waals surface area contributed by atoms with E-state index in [0.717, 1.165) is 25.7 Å². The Morgan fingerprint density at radius 1 is 1.11 bits per heavy atom. The van der Waals surface area contributed by atoms with Gasteiger partial charge >= 0.3 is 0 Å². The van der Waals surface area contributed by atoms with Crippen molar-refractivity contribution < 1.29 is 13.9 Å². The standard InChI is InChI=1S/C27H30F2N6OS/c1-26-8-9-27(2,34-26)24(29)20(13-26)35(17-5-6-17)25-30-14-19(32-33-25)18-7-4-15(10-21(18)36)16-11-22(28)31-23(12-16)37-3/h4,7,10-12,14,17,20,24,34,36H,5-6,8-9,13H2,1-3H3/t20-,24-,26-,27+/m1/s1. The summed E-state index contributed by atoms with van der Waals surface area (Å²) >= 11 is 1.35. The highest BCUT2D eigenvalue weighted by atomic mass is 32.2. The number of thioether (sulfide) groups is 1. The number of piperidine rings is 1. The molecule has 1 aromatic carbocycles. The van der Waals surface area contributed by atoms with Crippen LogP contribution < -0.4 is 10.2 Å². The lowest BCUT2D eigenvalue weighted by Gasteiger charge is -2.48. The molecule has 1 saturated carbocycles. The molecule has 4 atom stereocenters. The van der Waals surface area contributed by atoms with Crippen LogP contribution in [0.5, 0.6) is 5.75 Å². The monoisotopic (exact) mass is 524 g/mol. The Hall–Kier alpha value is -2.85. The molecule has 194 valence electrons. The minimum absolute atomic E-state index is 0.0112. The molecule has 4 heterocycles. The quantitative estimate of drug-likeness (QED) is 0.338. The first kappa shape index (κ1) is 24.5. The number of halogens is 2. The first-order valence-corrected chi connectivity index (χ1v) is 13.9. The van der Waals surface area contributed by atoms with E-state index in [2.05, 4.69) is 32.4 Å². The predicted molar refractivity (Wildman–Crippen MR) is 140 cm³/mol. The van der Waals surface area contributed by atoms with Crippen LogP contribution in [0.15, 0.2) is 41.6 Å². The summed E-state index contributed by atoms with van der Waals surface area (Å²) in [5.74, 6) is -0.153. The summed E-state index contributed by atoms with van der Waals surface area (Å²) in [5, 5.41) is 23.6. The van der Waals surface area contributed by atoms with Gasteiger partial charge in [0, 0.05) is 28.7 Å². The molecule has 3 fully saturated rings. The SMILES string of the molecule is CSc1cc(-c2ccc(-c3cnc(N(C4CC4)[C@@H]4C[C@@]5(C)CC[C@](C)(N5)[C@@H]4F)nn3)c(O)c2)cc(F)n1. The number of fused-ring (bicyclic) bond motifs is 2. The first-order valence-electron chi connectivity index (χ1n) is 12.6. The molecule has 7 nitrogen and oxygen atoms in total. The molecule has 0 unspecified atom stereocenters. The molecule has 3 aliphatic rings. The lowest BCUT2D eigenvalue weighted by Crippen LogP contribution is -2.66.